The Balaban J connectivity index is 1.39. The summed E-state index contributed by atoms with van der Waals surface area (Å²) in [6, 6.07) is 2.96. The van der Waals surface area contributed by atoms with E-state index in [-0.39, 0.29) is 17.9 Å². The lowest BCUT2D eigenvalue weighted by molar-refractivity contribution is -0.120. The predicted molar refractivity (Wildman–Crippen MR) is 105 cm³/mol. The van der Waals surface area contributed by atoms with E-state index in [9.17, 15) is 9.59 Å². The van der Waals surface area contributed by atoms with E-state index in [0.29, 0.717) is 30.9 Å². The van der Waals surface area contributed by atoms with E-state index in [0.717, 1.165) is 35.2 Å². The number of carbonyl (C=O) groups excluding carboxylic acids is 2. The van der Waals surface area contributed by atoms with Gasteiger partial charge in [-0.2, -0.15) is 0 Å². The van der Waals surface area contributed by atoms with Crippen molar-refractivity contribution >= 4 is 38.9 Å². The van der Waals surface area contributed by atoms with E-state index in [1.54, 1.807) is 17.5 Å². The molecule has 5 heterocycles. The minimum absolute atomic E-state index is 0.0966. The highest BCUT2D eigenvalue weighted by Gasteiger charge is 2.39. The van der Waals surface area contributed by atoms with Crippen LogP contribution in [0.25, 0.3) is 10.1 Å². The number of hydrogen-bond acceptors (Lipinski definition) is 6. The number of anilines is 1. The quantitative estimate of drug-likeness (QED) is 0.830. The molecular weight excluding hydrogens is 362 g/mol. The minimum atomic E-state index is -0.127. The maximum absolute atomic E-state index is 12.8. The number of nitrogens with one attached hydrogen (secondary N) is 2. The van der Waals surface area contributed by atoms with Gasteiger partial charge in [0, 0.05) is 48.2 Å². The van der Waals surface area contributed by atoms with Crippen molar-refractivity contribution in [3.8, 4) is 0 Å². The highest BCUT2D eigenvalue weighted by Crippen LogP contribution is 2.34. The summed E-state index contributed by atoms with van der Waals surface area (Å²) in [5.41, 5.74) is 1.32. The third-order valence-corrected chi connectivity index (χ3v) is 6.91. The molecule has 2 N–H and O–H groups in total. The molecule has 0 aliphatic carbocycles. The standard InChI is InChI=1S/C19H23N5O2S/c1-23-4-5-24(18(25)9-23)16-10-27-17-8-20-15(7-12(16)17)19(26)22-14-6-11-2-3-13(14)21-11/h7-8,10-11,13-14,21H,2-6,9H2,1H3,(H,22,26)/t11-,13+,14-/m1/s1. The molecule has 0 radical (unpaired) electrons. The summed E-state index contributed by atoms with van der Waals surface area (Å²) in [5, 5.41) is 9.62. The molecule has 3 saturated heterocycles. The highest BCUT2D eigenvalue weighted by molar-refractivity contribution is 7.17. The zero-order chi connectivity index (χ0) is 18.5. The maximum Gasteiger partial charge on any atom is 0.270 e. The lowest BCUT2D eigenvalue weighted by atomic mass is 9.95. The first kappa shape index (κ1) is 17.1. The zero-order valence-corrected chi connectivity index (χ0v) is 16.1. The Hall–Kier alpha value is -2.03. The molecule has 7 nitrogen and oxygen atoms in total. The van der Waals surface area contributed by atoms with Crippen LogP contribution in [-0.4, -0.2) is 66.5 Å². The molecule has 2 aromatic heterocycles. The molecule has 0 aromatic carbocycles. The van der Waals surface area contributed by atoms with Crippen molar-refractivity contribution in [1.29, 1.82) is 0 Å². The summed E-state index contributed by atoms with van der Waals surface area (Å²) in [7, 11) is 1.96. The average Bonchev–Trinajstić information content (AvgIpc) is 3.36. The van der Waals surface area contributed by atoms with Crippen LogP contribution in [0.5, 0.6) is 0 Å². The number of thiophene rings is 1. The summed E-state index contributed by atoms with van der Waals surface area (Å²) in [5.74, 6) is -0.0302. The van der Waals surface area contributed by atoms with Gasteiger partial charge in [0.05, 0.1) is 16.9 Å². The summed E-state index contributed by atoms with van der Waals surface area (Å²) in [4.78, 5) is 33.4. The van der Waals surface area contributed by atoms with Crippen LogP contribution in [0.15, 0.2) is 17.6 Å². The molecule has 3 atom stereocenters. The van der Waals surface area contributed by atoms with Gasteiger partial charge in [-0.1, -0.05) is 0 Å². The fourth-order valence-electron chi connectivity index (χ4n) is 4.52. The Morgan fingerprint density at radius 2 is 2.26 bits per heavy atom. The molecule has 142 valence electrons. The van der Waals surface area contributed by atoms with E-state index < -0.39 is 0 Å². The first-order chi connectivity index (χ1) is 13.1. The summed E-state index contributed by atoms with van der Waals surface area (Å²) in [6.45, 7) is 1.94. The van der Waals surface area contributed by atoms with E-state index in [2.05, 4.69) is 15.6 Å². The zero-order valence-electron chi connectivity index (χ0n) is 15.3. The summed E-state index contributed by atoms with van der Waals surface area (Å²) in [6.07, 6.45) is 5.08. The molecule has 2 aromatic rings. The third-order valence-electron chi connectivity index (χ3n) is 5.99. The van der Waals surface area contributed by atoms with Gasteiger partial charge in [0.1, 0.15) is 5.69 Å². The van der Waals surface area contributed by atoms with Gasteiger partial charge in [0.25, 0.3) is 5.91 Å². The SMILES string of the molecule is CN1CCN(c2csc3cnc(C(=O)N[C@@H]4C[C@H]5CC[C@@H]4N5)cc23)C(=O)C1. The molecule has 0 saturated carbocycles. The molecule has 3 fully saturated rings. The first-order valence-electron chi connectivity index (χ1n) is 9.51. The van der Waals surface area contributed by atoms with Crippen LogP contribution in [0.4, 0.5) is 5.69 Å². The molecular formula is C19H23N5O2S. The molecule has 0 unspecified atom stereocenters. The van der Waals surface area contributed by atoms with E-state index in [4.69, 9.17) is 0 Å². The molecule has 27 heavy (non-hydrogen) atoms. The summed E-state index contributed by atoms with van der Waals surface area (Å²) < 4.78 is 0.995. The smallest absolute Gasteiger partial charge is 0.270 e. The normalized spacial score (nSPS) is 28.3. The maximum atomic E-state index is 12.8. The molecule has 3 aliphatic rings. The number of hydrogen-bond donors (Lipinski definition) is 2. The van der Waals surface area contributed by atoms with Crippen molar-refractivity contribution < 1.29 is 9.59 Å². The Morgan fingerprint density at radius 1 is 1.37 bits per heavy atom. The number of aromatic nitrogens is 1. The number of amides is 2. The number of carbonyl (C=O) groups is 2. The van der Waals surface area contributed by atoms with Crippen LogP contribution in [0.3, 0.4) is 0 Å². The van der Waals surface area contributed by atoms with Crippen molar-refractivity contribution in [3.05, 3.63) is 23.3 Å². The highest BCUT2D eigenvalue weighted by atomic mass is 32.1. The summed E-state index contributed by atoms with van der Waals surface area (Å²) >= 11 is 1.56. The number of rotatable bonds is 3. The van der Waals surface area contributed by atoms with Crippen LogP contribution in [0.1, 0.15) is 29.8 Å². The Morgan fingerprint density at radius 3 is 3.00 bits per heavy atom. The van der Waals surface area contributed by atoms with Gasteiger partial charge in [-0.25, -0.2) is 4.98 Å². The Labute approximate surface area is 161 Å². The van der Waals surface area contributed by atoms with Gasteiger partial charge in [-0.15, -0.1) is 11.3 Å². The number of likely N-dealkylation sites (N-methyl/N-ethyl adjacent to an activating group) is 1. The second-order valence-corrected chi connectivity index (χ2v) is 8.74. The average molecular weight is 385 g/mol. The van der Waals surface area contributed by atoms with Crippen LogP contribution in [-0.2, 0) is 4.79 Å². The molecule has 8 heteroatoms. The van der Waals surface area contributed by atoms with Crippen LogP contribution in [0.2, 0.25) is 0 Å². The van der Waals surface area contributed by atoms with Gasteiger partial charge in [-0.3, -0.25) is 14.5 Å². The Kier molecular flexibility index (Phi) is 4.14. The van der Waals surface area contributed by atoms with Crippen molar-refractivity contribution in [2.45, 2.75) is 37.4 Å². The molecule has 3 aliphatic heterocycles. The van der Waals surface area contributed by atoms with E-state index in [1.165, 1.54) is 6.42 Å². The first-order valence-corrected chi connectivity index (χ1v) is 10.4. The Bertz CT molecular complexity index is 913. The fraction of sp³-hybridized carbons (Fsp3) is 0.526. The monoisotopic (exact) mass is 385 g/mol. The van der Waals surface area contributed by atoms with Crippen LogP contribution in [0, 0.1) is 0 Å². The fourth-order valence-corrected chi connectivity index (χ4v) is 5.42. The van der Waals surface area contributed by atoms with Gasteiger partial charge in [0.2, 0.25) is 5.91 Å². The molecule has 0 spiro atoms. The molecule has 5 rings (SSSR count). The van der Waals surface area contributed by atoms with E-state index >= 15 is 0 Å². The number of piperazine rings is 1. The largest absolute Gasteiger partial charge is 0.346 e. The number of fused-ring (bicyclic) bond motifs is 3. The van der Waals surface area contributed by atoms with Gasteiger partial charge < -0.3 is 15.5 Å². The second kappa shape index (κ2) is 6.54. The topological polar surface area (TPSA) is 77.6 Å². The van der Waals surface area contributed by atoms with Crippen molar-refractivity contribution in [1.82, 2.24) is 20.5 Å². The van der Waals surface area contributed by atoms with Crippen molar-refractivity contribution in [3.63, 3.8) is 0 Å². The van der Waals surface area contributed by atoms with Crippen LogP contribution >= 0.6 is 11.3 Å². The third kappa shape index (κ3) is 3.01. The van der Waals surface area contributed by atoms with Gasteiger partial charge >= 0.3 is 0 Å². The van der Waals surface area contributed by atoms with Crippen LogP contribution < -0.4 is 15.5 Å². The lowest BCUT2D eigenvalue weighted by Crippen LogP contribution is -2.48. The van der Waals surface area contributed by atoms with Gasteiger partial charge in [0.15, 0.2) is 0 Å². The van der Waals surface area contributed by atoms with E-state index in [1.807, 2.05) is 28.3 Å². The number of pyridine rings is 1. The lowest BCUT2D eigenvalue weighted by Gasteiger charge is -2.31. The number of nitrogens with zero attached hydrogens (tertiary/aromatic N) is 3. The second-order valence-electron chi connectivity index (χ2n) is 7.83. The predicted octanol–water partition coefficient (Wildman–Crippen LogP) is 1.20. The van der Waals surface area contributed by atoms with Crippen molar-refractivity contribution in [2.24, 2.45) is 0 Å². The minimum Gasteiger partial charge on any atom is -0.346 e. The molecule has 2 amide bonds. The van der Waals surface area contributed by atoms with Crippen molar-refractivity contribution in [2.75, 3.05) is 31.6 Å². The molecule has 2 bridgehead atoms. The van der Waals surface area contributed by atoms with Gasteiger partial charge in [-0.05, 0) is 32.4 Å².